The molecule has 0 spiro atoms. The van der Waals surface area contributed by atoms with E-state index in [4.69, 9.17) is 21.1 Å². The molecule has 108 valence electrons. The monoisotopic (exact) mass is 285 g/mol. The molecule has 1 aromatic carbocycles. The third kappa shape index (κ3) is 5.39. The number of hydrogen-bond acceptors (Lipinski definition) is 3. The summed E-state index contributed by atoms with van der Waals surface area (Å²) in [5.41, 5.74) is 1.17. The van der Waals surface area contributed by atoms with Crippen LogP contribution in [0.25, 0.3) is 0 Å². The highest BCUT2D eigenvalue weighted by atomic mass is 35.5. The summed E-state index contributed by atoms with van der Waals surface area (Å²) in [6, 6.07) is 6.22. The van der Waals surface area contributed by atoms with Gasteiger partial charge >= 0.3 is 0 Å². The van der Waals surface area contributed by atoms with Crippen molar-refractivity contribution in [1.82, 2.24) is 5.32 Å². The Morgan fingerprint density at radius 2 is 2.05 bits per heavy atom. The fraction of sp³-hybridized carbons (Fsp3) is 0.600. The molecule has 0 amide bonds. The zero-order chi connectivity index (χ0) is 14.3. The van der Waals surface area contributed by atoms with Crippen molar-refractivity contribution in [3.05, 3.63) is 28.8 Å². The number of ether oxygens (including phenoxy) is 2. The van der Waals surface area contributed by atoms with Crippen LogP contribution in [0.5, 0.6) is 5.75 Å². The lowest BCUT2D eigenvalue weighted by Gasteiger charge is -2.16. The fourth-order valence-corrected chi connectivity index (χ4v) is 1.90. The first-order valence-electron chi connectivity index (χ1n) is 6.76. The van der Waals surface area contributed by atoms with Gasteiger partial charge in [-0.15, -0.1) is 0 Å². The first-order chi connectivity index (χ1) is 9.08. The van der Waals surface area contributed by atoms with Gasteiger partial charge in [0.2, 0.25) is 0 Å². The van der Waals surface area contributed by atoms with Gasteiger partial charge in [-0.1, -0.05) is 24.6 Å². The Balaban J connectivity index is 2.63. The Labute approximate surface area is 121 Å². The van der Waals surface area contributed by atoms with Crippen molar-refractivity contribution in [3.63, 3.8) is 0 Å². The van der Waals surface area contributed by atoms with Gasteiger partial charge in [-0.3, -0.25) is 0 Å². The van der Waals surface area contributed by atoms with Crippen LogP contribution in [-0.2, 0) is 4.74 Å². The van der Waals surface area contributed by atoms with Crippen molar-refractivity contribution >= 4 is 11.6 Å². The van der Waals surface area contributed by atoms with Crippen LogP contribution in [0.15, 0.2) is 18.2 Å². The molecule has 0 saturated carbocycles. The molecule has 0 aliphatic heterocycles. The predicted octanol–water partition coefficient (Wildman–Crippen LogP) is 3.81. The summed E-state index contributed by atoms with van der Waals surface area (Å²) in [6.45, 7) is 7.75. The standard InChI is InChI=1S/C15H24ClNO2/c1-5-8-17-12(3)13-6-7-15(14(16)9-13)19-10-11(2)18-4/h6-7,9,11-12,17H,5,8,10H2,1-4H3. The summed E-state index contributed by atoms with van der Waals surface area (Å²) < 4.78 is 10.8. The molecule has 0 aliphatic rings. The van der Waals surface area contributed by atoms with Gasteiger partial charge < -0.3 is 14.8 Å². The van der Waals surface area contributed by atoms with Crippen LogP contribution in [0, 0.1) is 0 Å². The molecule has 1 rings (SSSR count). The van der Waals surface area contributed by atoms with E-state index in [9.17, 15) is 0 Å². The Kier molecular flexibility index (Phi) is 7.21. The second kappa shape index (κ2) is 8.41. The zero-order valence-electron chi connectivity index (χ0n) is 12.2. The Bertz CT molecular complexity index is 384. The predicted molar refractivity (Wildman–Crippen MR) is 80.1 cm³/mol. The van der Waals surface area contributed by atoms with Crippen molar-refractivity contribution in [1.29, 1.82) is 0 Å². The van der Waals surface area contributed by atoms with Crippen molar-refractivity contribution in [2.45, 2.75) is 39.3 Å². The van der Waals surface area contributed by atoms with Crippen LogP contribution in [-0.4, -0.2) is 26.4 Å². The minimum Gasteiger partial charge on any atom is -0.489 e. The van der Waals surface area contributed by atoms with Gasteiger partial charge in [-0.2, -0.15) is 0 Å². The van der Waals surface area contributed by atoms with Crippen LogP contribution in [0.1, 0.15) is 38.8 Å². The van der Waals surface area contributed by atoms with E-state index in [-0.39, 0.29) is 6.10 Å². The van der Waals surface area contributed by atoms with Crippen molar-refractivity contribution < 1.29 is 9.47 Å². The third-order valence-corrected chi connectivity index (χ3v) is 3.33. The van der Waals surface area contributed by atoms with Crippen LogP contribution in [0.4, 0.5) is 0 Å². The van der Waals surface area contributed by atoms with Crippen molar-refractivity contribution in [3.8, 4) is 5.75 Å². The van der Waals surface area contributed by atoms with E-state index in [1.165, 1.54) is 5.56 Å². The van der Waals surface area contributed by atoms with Gasteiger partial charge in [-0.25, -0.2) is 0 Å². The molecule has 19 heavy (non-hydrogen) atoms. The van der Waals surface area contributed by atoms with E-state index in [1.807, 2.05) is 25.1 Å². The Hall–Kier alpha value is -0.770. The van der Waals surface area contributed by atoms with Crippen LogP contribution < -0.4 is 10.1 Å². The van der Waals surface area contributed by atoms with Gasteiger partial charge in [0.05, 0.1) is 11.1 Å². The summed E-state index contributed by atoms with van der Waals surface area (Å²) in [5.74, 6) is 0.706. The summed E-state index contributed by atoms with van der Waals surface area (Å²) >= 11 is 6.24. The van der Waals surface area contributed by atoms with Crippen LogP contribution in [0.3, 0.4) is 0 Å². The molecular formula is C15H24ClNO2. The number of benzene rings is 1. The first kappa shape index (κ1) is 16.3. The maximum absolute atomic E-state index is 6.24. The topological polar surface area (TPSA) is 30.5 Å². The lowest BCUT2D eigenvalue weighted by molar-refractivity contribution is 0.0717. The highest BCUT2D eigenvalue weighted by Gasteiger charge is 2.09. The molecular weight excluding hydrogens is 262 g/mol. The number of nitrogens with one attached hydrogen (secondary N) is 1. The van der Waals surface area contributed by atoms with E-state index in [1.54, 1.807) is 7.11 Å². The summed E-state index contributed by atoms with van der Waals surface area (Å²) in [7, 11) is 1.67. The number of halogens is 1. The van der Waals surface area contributed by atoms with Gasteiger partial charge in [-0.05, 0) is 44.5 Å². The average molecular weight is 286 g/mol. The average Bonchev–Trinajstić information content (AvgIpc) is 2.42. The molecule has 3 nitrogen and oxygen atoms in total. The summed E-state index contributed by atoms with van der Waals surface area (Å²) in [5, 5.41) is 4.08. The van der Waals surface area contributed by atoms with Gasteiger partial charge in [0, 0.05) is 13.2 Å². The highest BCUT2D eigenvalue weighted by molar-refractivity contribution is 6.32. The number of hydrogen-bond donors (Lipinski definition) is 1. The number of rotatable bonds is 8. The minimum absolute atomic E-state index is 0.0564. The van der Waals surface area contributed by atoms with E-state index in [0.717, 1.165) is 13.0 Å². The molecule has 1 aromatic rings. The fourth-order valence-electron chi connectivity index (χ4n) is 1.66. The largest absolute Gasteiger partial charge is 0.489 e. The minimum atomic E-state index is 0.0564. The normalized spacial score (nSPS) is 14.2. The van der Waals surface area contributed by atoms with Gasteiger partial charge in [0.25, 0.3) is 0 Å². The molecule has 0 heterocycles. The smallest absolute Gasteiger partial charge is 0.138 e. The maximum atomic E-state index is 6.24. The summed E-state index contributed by atoms with van der Waals surface area (Å²) in [4.78, 5) is 0. The first-order valence-corrected chi connectivity index (χ1v) is 7.14. The SMILES string of the molecule is CCCNC(C)c1ccc(OCC(C)OC)c(Cl)c1. The molecule has 1 N–H and O–H groups in total. The lowest BCUT2D eigenvalue weighted by Crippen LogP contribution is -2.19. The quantitative estimate of drug-likeness (QED) is 0.788. The molecule has 2 unspecified atom stereocenters. The molecule has 2 atom stereocenters. The molecule has 0 fully saturated rings. The van der Waals surface area contributed by atoms with Crippen molar-refractivity contribution in [2.24, 2.45) is 0 Å². The molecule has 0 saturated heterocycles. The van der Waals surface area contributed by atoms with E-state index in [0.29, 0.717) is 23.4 Å². The van der Waals surface area contributed by atoms with E-state index in [2.05, 4.69) is 19.2 Å². The third-order valence-electron chi connectivity index (χ3n) is 3.03. The second-order valence-electron chi connectivity index (χ2n) is 4.72. The molecule has 0 aromatic heterocycles. The zero-order valence-corrected chi connectivity index (χ0v) is 13.0. The van der Waals surface area contributed by atoms with Gasteiger partial charge in [0.15, 0.2) is 0 Å². The Morgan fingerprint density at radius 1 is 1.32 bits per heavy atom. The molecule has 0 bridgehead atoms. The molecule has 4 heteroatoms. The van der Waals surface area contributed by atoms with Crippen molar-refractivity contribution in [2.75, 3.05) is 20.3 Å². The van der Waals surface area contributed by atoms with Crippen LogP contribution in [0.2, 0.25) is 5.02 Å². The highest BCUT2D eigenvalue weighted by Crippen LogP contribution is 2.28. The van der Waals surface area contributed by atoms with Crippen LogP contribution >= 0.6 is 11.6 Å². The maximum Gasteiger partial charge on any atom is 0.138 e. The second-order valence-corrected chi connectivity index (χ2v) is 5.13. The van der Waals surface area contributed by atoms with E-state index < -0.39 is 0 Å². The molecule has 0 radical (unpaired) electrons. The lowest BCUT2D eigenvalue weighted by atomic mass is 10.1. The van der Waals surface area contributed by atoms with E-state index >= 15 is 0 Å². The van der Waals surface area contributed by atoms with Gasteiger partial charge in [0.1, 0.15) is 12.4 Å². The number of methoxy groups -OCH3 is 1. The summed E-state index contributed by atoms with van der Waals surface area (Å²) in [6.07, 6.45) is 1.18. The Morgan fingerprint density at radius 3 is 2.63 bits per heavy atom. The molecule has 0 aliphatic carbocycles.